The van der Waals surface area contributed by atoms with Crippen molar-refractivity contribution in [1.82, 2.24) is 0 Å². The summed E-state index contributed by atoms with van der Waals surface area (Å²) in [4.78, 5) is 21.1. The first-order valence-corrected chi connectivity index (χ1v) is 5.24. The largest absolute Gasteiger partial charge is 0.481 e. The summed E-state index contributed by atoms with van der Waals surface area (Å²) in [5.41, 5.74) is 0.0638. The van der Waals surface area contributed by atoms with Crippen molar-refractivity contribution in [3.63, 3.8) is 0 Å². The van der Waals surface area contributed by atoms with Crippen molar-refractivity contribution >= 4 is 11.9 Å². The molecular weight excluding hydrogens is 246 g/mol. The van der Waals surface area contributed by atoms with Gasteiger partial charge in [0.2, 0.25) is 0 Å². The first-order valence-electron chi connectivity index (χ1n) is 5.24. The van der Waals surface area contributed by atoms with E-state index in [9.17, 15) is 18.4 Å². The minimum absolute atomic E-state index is 0.0988. The molecule has 0 bridgehead atoms. The first-order chi connectivity index (χ1) is 8.41. The zero-order valence-corrected chi connectivity index (χ0v) is 9.40. The molecule has 2 N–H and O–H groups in total. The summed E-state index contributed by atoms with van der Waals surface area (Å²) < 4.78 is 25.5. The smallest absolute Gasteiger partial charge is 0.307 e. The Morgan fingerprint density at radius 1 is 1.17 bits per heavy atom. The van der Waals surface area contributed by atoms with Gasteiger partial charge in [0.1, 0.15) is 0 Å². The van der Waals surface area contributed by atoms with Gasteiger partial charge >= 0.3 is 11.9 Å². The zero-order chi connectivity index (χ0) is 13.7. The third kappa shape index (κ3) is 3.80. The zero-order valence-electron chi connectivity index (χ0n) is 9.40. The van der Waals surface area contributed by atoms with E-state index in [1.165, 1.54) is 18.2 Å². The average molecular weight is 258 g/mol. The molecule has 0 fully saturated rings. The topological polar surface area (TPSA) is 74.6 Å². The minimum Gasteiger partial charge on any atom is -0.481 e. The normalized spacial score (nSPS) is 10.6. The predicted molar refractivity (Wildman–Crippen MR) is 58.7 cm³/mol. The highest BCUT2D eigenvalue weighted by molar-refractivity contribution is 5.71. The summed E-state index contributed by atoms with van der Waals surface area (Å²) in [6, 6.07) is 3.97. The number of alkyl halides is 2. The fourth-order valence-corrected chi connectivity index (χ4v) is 1.72. The van der Waals surface area contributed by atoms with Crippen molar-refractivity contribution < 1.29 is 28.6 Å². The standard InChI is InChI=1S/C12H12F2O4/c13-12(14)9-3-1-2-7(6-11(17)18)8(9)4-5-10(15)16/h1-3,12H,4-6H2,(H,15,16)(H,17,18). The van der Waals surface area contributed by atoms with Gasteiger partial charge in [-0.25, -0.2) is 8.78 Å². The number of aliphatic carboxylic acids is 2. The highest BCUT2D eigenvalue weighted by Crippen LogP contribution is 2.27. The van der Waals surface area contributed by atoms with E-state index >= 15 is 0 Å². The summed E-state index contributed by atoms with van der Waals surface area (Å²) in [6.07, 6.45) is -3.55. The van der Waals surface area contributed by atoms with Gasteiger partial charge in [-0.05, 0) is 17.5 Å². The summed E-state index contributed by atoms with van der Waals surface area (Å²) in [5.74, 6) is -2.25. The molecule has 0 aliphatic heterocycles. The Kier molecular flexibility index (Phi) is 4.76. The number of hydrogen-bond donors (Lipinski definition) is 2. The van der Waals surface area contributed by atoms with Crippen LogP contribution in [0.25, 0.3) is 0 Å². The van der Waals surface area contributed by atoms with Crippen LogP contribution in [-0.4, -0.2) is 22.2 Å². The number of hydrogen-bond acceptors (Lipinski definition) is 2. The summed E-state index contributed by atoms with van der Waals surface area (Å²) in [6.45, 7) is 0. The van der Waals surface area contributed by atoms with Gasteiger partial charge in [-0.1, -0.05) is 18.2 Å². The van der Waals surface area contributed by atoms with Crippen LogP contribution in [0.4, 0.5) is 8.78 Å². The van der Waals surface area contributed by atoms with E-state index in [4.69, 9.17) is 10.2 Å². The van der Waals surface area contributed by atoms with Gasteiger partial charge in [0.05, 0.1) is 6.42 Å². The molecule has 0 aliphatic rings. The van der Waals surface area contributed by atoms with E-state index in [1.54, 1.807) is 0 Å². The van der Waals surface area contributed by atoms with Crippen molar-refractivity contribution in [2.24, 2.45) is 0 Å². The van der Waals surface area contributed by atoms with Crippen molar-refractivity contribution in [2.75, 3.05) is 0 Å². The number of carbonyl (C=O) groups is 2. The molecule has 0 atom stereocenters. The van der Waals surface area contributed by atoms with Crippen molar-refractivity contribution in [3.05, 3.63) is 34.9 Å². The third-order valence-electron chi connectivity index (χ3n) is 2.47. The molecule has 0 aromatic heterocycles. The predicted octanol–water partition coefficient (Wildman–Crippen LogP) is 2.27. The lowest BCUT2D eigenvalue weighted by molar-refractivity contribution is -0.137. The lowest BCUT2D eigenvalue weighted by Gasteiger charge is -2.12. The molecule has 1 aromatic rings. The Labute approximate surface area is 102 Å². The molecule has 0 saturated heterocycles. The Morgan fingerprint density at radius 2 is 1.83 bits per heavy atom. The summed E-state index contributed by atoms with van der Waals surface area (Å²) >= 11 is 0. The van der Waals surface area contributed by atoms with Crippen LogP contribution in [-0.2, 0) is 22.4 Å². The molecule has 98 valence electrons. The maximum Gasteiger partial charge on any atom is 0.307 e. The van der Waals surface area contributed by atoms with Gasteiger partial charge in [0.25, 0.3) is 6.43 Å². The van der Waals surface area contributed by atoms with E-state index in [0.717, 1.165) is 0 Å². The van der Waals surface area contributed by atoms with Gasteiger partial charge in [0.15, 0.2) is 0 Å². The fourth-order valence-electron chi connectivity index (χ4n) is 1.72. The Balaban J connectivity index is 3.11. The number of benzene rings is 1. The van der Waals surface area contributed by atoms with E-state index < -0.39 is 24.8 Å². The molecular formula is C12H12F2O4. The van der Waals surface area contributed by atoms with Gasteiger partial charge in [0, 0.05) is 12.0 Å². The SMILES string of the molecule is O=C(O)CCc1c(CC(=O)O)cccc1C(F)F. The second-order valence-electron chi connectivity index (χ2n) is 3.75. The van der Waals surface area contributed by atoms with E-state index in [1.807, 2.05) is 0 Å². The second kappa shape index (κ2) is 6.09. The fraction of sp³-hybridized carbons (Fsp3) is 0.333. The molecule has 4 nitrogen and oxygen atoms in total. The maximum atomic E-state index is 12.8. The van der Waals surface area contributed by atoms with Crippen molar-refractivity contribution in [1.29, 1.82) is 0 Å². The van der Waals surface area contributed by atoms with Crippen LogP contribution < -0.4 is 0 Å². The van der Waals surface area contributed by atoms with Gasteiger partial charge < -0.3 is 10.2 Å². The van der Waals surface area contributed by atoms with Crippen LogP contribution in [0.1, 0.15) is 29.5 Å². The Morgan fingerprint density at radius 3 is 2.33 bits per heavy atom. The lowest BCUT2D eigenvalue weighted by Crippen LogP contribution is -2.08. The molecule has 0 unspecified atom stereocenters. The van der Waals surface area contributed by atoms with Crippen LogP contribution in [0.15, 0.2) is 18.2 Å². The summed E-state index contributed by atoms with van der Waals surface area (Å²) in [5, 5.41) is 17.3. The molecule has 1 rings (SSSR count). The van der Waals surface area contributed by atoms with E-state index in [0.29, 0.717) is 0 Å². The van der Waals surface area contributed by atoms with E-state index in [-0.39, 0.29) is 29.5 Å². The van der Waals surface area contributed by atoms with Crippen LogP contribution in [0, 0.1) is 0 Å². The first kappa shape index (κ1) is 14.1. The van der Waals surface area contributed by atoms with Crippen LogP contribution in [0.2, 0.25) is 0 Å². The highest BCUT2D eigenvalue weighted by atomic mass is 19.3. The van der Waals surface area contributed by atoms with Gasteiger partial charge in [-0.3, -0.25) is 9.59 Å². The molecule has 18 heavy (non-hydrogen) atoms. The number of carboxylic acids is 2. The van der Waals surface area contributed by atoms with Crippen molar-refractivity contribution in [2.45, 2.75) is 25.7 Å². The van der Waals surface area contributed by atoms with Gasteiger partial charge in [-0.15, -0.1) is 0 Å². The molecule has 0 amide bonds. The van der Waals surface area contributed by atoms with Crippen LogP contribution >= 0.6 is 0 Å². The van der Waals surface area contributed by atoms with Crippen LogP contribution in [0.5, 0.6) is 0 Å². The number of carboxylic acid groups (broad SMARTS) is 2. The van der Waals surface area contributed by atoms with Crippen LogP contribution in [0.3, 0.4) is 0 Å². The summed E-state index contributed by atoms with van der Waals surface area (Å²) in [7, 11) is 0. The Hall–Kier alpha value is -1.98. The lowest BCUT2D eigenvalue weighted by atomic mass is 9.95. The molecule has 0 spiro atoms. The van der Waals surface area contributed by atoms with Crippen molar-refractivity contribution in [3.8, 4) is 0 Å². The molecule has 0 aliphatic carbocycles. The number of halogens is 2. The minimum atomic E-state index is -2.75. The van der Waals surface area contributed by atoms with Gasteiger partial charge in [-0.2, -0.15) is 0 Å². The Bertz CT molecular complexity index is 457. The maximum absolute atomic E-state index is 12.8. The van der Waals surface area contributed by atoms with E-state index in [2.05, 4.69) is 0 Å². The molecule has 0 heterocycles. The average Bonchev–Trinajstić information content (AvgIpc) is 2.25. The molecule has 0 saturated carbocycles. The third-order valence-corrected chi connectivity index (χ3v) is 2.47. The monoisotopic (exact) mass is 258 g/mol. The second-order valence-corrected chi connectivity index (χ2v) is 3.75. The quantitative estimate of drug-likeness (QED) is 0.820. The molecule has 1 aromatic carbocycles. The highest BCUT2D eigenvalue weighted by Gasteiger charge is 2.17. The number of rotatable bonds is 6. The molecule has 6 heteroatoms. The molecule has 0 radical (unpaired) electrons.